The molecule has 1 aromatic carbocycles. The van der Waals surface area contributed by atoms with Crippen LogP contribution in [0.2, 0.25) is 0 Å². The Balaban J connectivity index is 3.07. The lowest BCUT2D eigenvalue weighted by Crippen LogP contribution is -2.61. The number of hydrogen-bond donors (Lipinski definition) is 2. The lowest BCUT2D eigenvalue weighted by molar-refractivity contribution is -0.203. The topological polar surface area (TPSA) is 72.5 Å². The van der Waals surface area contributed by atoms with E-state index in [1.165, 1.54) is 24.3 Å². The van der Waals surface area contributed by atoms with E-state index in [-0.39, 0.29) is 11.3 Å². The minimum absolute atomic E-state index is 0.0913. The average molecular weight is 263 g/mol. The van der Waals surface area contributed by atoms with E-state index in [0.717, 1.165) is 7.11 Å². The number of methoxy groups -OCH3 is 1. The highest BCUT2D eigenvalue weighted by molar-refractivity contribution is 5.82. The molecular formula is C11H12F3NO3. The Hall–Kier alpha value is -1.76. The predicted octanol–water partition coefficient (Wildman–Crippen LogP) is 1.37. The van der Waals surface area contributed by atoms with Crippen LogP contribution in [-0.2, 0) is 16.0 Å². The first-order valence-electron chi connectivity index (χ1n) is 4.92. The average Bonchev–Trinajstić information content (AvgIpc) is 2.29. The molecule has 1 atom stereocenters. The first kappa shape index (κ1) is 14.3. The number of halogens is 3. The number of benzene rings is 1. The molecule has 1 rings (SSSR count). The molecule has 0 unspecified atom stereocenters. The van der Waals surface area contributed by atoms with Crippen molar-refractivity contribution in [3.63, 3.8) is 0 Å². The molecule has 0 radical (unpaired) electrons. The summed E-state index contributed by atoms with van der Waals surface area (Å²) in [5.41, 5.74) is 2.20. The number of phenols is 1. The van der Waals surface area contributed by atoms with Gasteiger partial charge >= 0.3 is 12.1 Å². The Bertz CT molecular complexity index is 430. The number of ether oxygens (including phenoxy) is 1. The van der Waals surface area contributed by atoms with Gasteiger partial charge in [0.25, 0.3) is 0 Å². The van der Waals surface area contributed by atoms with Gasteiger partial charge in [-0.25, -0.2) is 4.79 Å². The van der Waals surface area contributed by atoms with Crippen molar-refractivity contribution in [1.82, 2.24) is 0 Å². The molecule has 0 bridgehead atoms. The zero-order valence-corrected chi connectivity index (χ0v) is 9.49. The van der Waals surface area contributed by atoms with Gasteiger partial charge in [-0.1, -0.05) is 12.1 Å². The Labute approximate surface area is 101 Å². The van der Waals surface area contributed by atoms with Gasteiger partial charge in [-0.05, 0) is 17.7 Å². The SMILES string of the molecule is COC(=O)[C@@](N)(Cc1ccc(O)cc1)C(F)(F)F. The molecule has 0 amide bonds. The molecule has 18 heavy (non-hydrogen) atoms. The number of carbonyl (C=O) groups is 1. The van der Waals surface area contributed by atoms with E-state index in [4.69, 9.17) is 10.8 Å². The van der Waals surface area contributed by atoms with E-state index < -0.39 is 24.1 Å². The van der Waals surface area contributed by atoms with Gasteiger partial charge < -0.3 is 15.6 Å². The number of hydrogen-bond acceptors (Lipinski definition) is 4. The molecule has 0 aliphatic carbocycles. The molecule has 0 aliphatic heterocycles. The highest BCUT2D eigenvalue weighted by atomic mass is 19.4. The number of carbonyl (C=O) groups excluding carboxylic acids is 1. The molecule has 0 spiro atoms. The Kier molecular flexibility index (Phi) is 3.85. The fourth-order valence-electron chi connectivity index (χ4n) is 1.41. The van der Waals surface area contributed by atoms with E-state index in [2.05, 4.69) is 4.74 Å². The summed E-state index contributed by atoms with van der Waals surface area (Å²) in [5, 5.41) is 9.03. The maximum absolute atomic E-state index is 12.8. The van der Waals surface area contributed by atoms with E-state index in [1.54, 1.807) is 0 Å². The Morgan fingerprint density at radius 3 is 2.22 bits per heavy atom. The second-order valence-electron chi connectivity index (χ2n) is 3.80. The number of rotatable bonds is 3. The quantitative estimate of drug-likeness (QED) is 0.808. The molecule has 0 aliphatic rings. The molecule has 7 heteroatoms. The van der Waals surface area contributed by atoms with Crippen LogP contribution in [0, 0.1) is 0 Å². The molecule has 100 valence electrons. The van der Waals surface area contributed by atoms with Gasteiger partial charge in [-0.3, -0.25) is 0 Å². The number of esters is 1. The third kappa shape index (κ3) is 2.73. The monoisotopic (exact) mass is 263 g/mol. The number of aromatic hydroxyl groups is 1. The van der Waals surface area contributed by atoms with Crippen LogP contribution in [0.4, 0.5) is 13.2 Å². The second-order valence-corrected chi connectivity index (χ2v) is 3.80. The van der Waals surface area contributed by atoms with Crippen LogP contribution in [-0.4, -0.2) is 29.9 Å². The normalized spacial score (nSPS) is 14.9. The molecule has 1 aromatic rings. The molecular weight excluding hydrogens is 251 g/mol. The van der Waals surface area contributed by atoms with Gasteiger partial charge in [0.05, 0.1) is 7.11 Å². The summed E-state index contributed by atoms with van der Waals surface area (Å²) in [6, 6.07) is 4.93. The smallest absolute Gasteiger partial charge is 0.417 e. The second kappa shape index (κ2) is 4.85. The maximum atomic E-state index is 12.8. The fraction of sp³-hybridized carbons (Fsp3) is 0.364. The Morgan fingerprint density at radius 1 is 1.33 bits per heavy atom. The van der Waals surface area contributed by atoms with Gasteiger partial charge in [0.2, 0.25) is 5.54 Å². The minimum atomic E-state index is -4.93. The van der Waals surface area contributed by atoms with Gasteiger partial charge in [-0.15, -0.1) is 0 Å². The van der Waals surface area contributed by atoms with Gasteiger partial charge in [0.1, 0.15) is 5.75 Å². The van der Waals surface area contributed by atoms with Crippen molar-refractivity contribution in [1.29, 1.82) is 0 Å². The molecule has 4 nitrogen and oxygen atoms in total. The van der Waals surface area contributed by atoms with Crippen LogP contribution >= 0.6 is 0 Å². The summed E-state index contributed by atoms with van der Waals surface area (Å²) in [5.74, 6) is -1.64. The van der Waals surface area contributed by atoms with Gasteiger partial charge in [0, 0.05) is 6.42 Å². The van der Waals surface area contributed by atoms with Crippen molar-refractivity contribution in [3.05, 3.63) is 29.8 Å². The molecule has 0 saturated carbocycles. The van der Waals surface area contributed by atoms with E-state index in [9.17, 15) is 18.0 Å². The maximum Gasteiger partial charge on any atom is 0.417 e. The summed E-state index contributed by atoms with van der Waals surface area (Å²) < 4.78 is 42.6. The van der Waals surface area contributed by atoms with Crippen LogP contribution in [0.15, 0.2) is 24.3 Å². The van der Waals surface area contributed by atoms with Crippen LogP contribution in [0.1, 0.15) is 5.56 Å². The number of alkyl halides is 3. The van der Waals surface area contributed by atoms with Crippen LogP contribution in [0.5, 0.6) is 5.75 Å². The molecule has 0 aromatic heterocycles. The van der Waals surface area contributed by atoms with E-state index >= 15 is 0 Å². The summed E-state index contributed by atoms with van der Waals surface area (Å²) in [7, 11) is 0.840. The van der Waals surface area contributed by atoms with Crippen LogP contribution in [0.3, 0.4) is 0 Å². The minimum Gasteiger partial charge on any atom is -0.508 e. The third-order valence-corrected chi connectivity index (χ3v) is 2.47. The third-order valence-electron chi connectivity index (χ3n) is 2.47. The Morgan fingerprint density at radius 2 is 1.83 bits per heavy atom. The van der Waals surface area contributed by atoms with Crippen molar-refractivity contribution < 1.29 is 27.8 Å². The van der Waals surface area contributed by atoms with Crippen LogP contribution < -0.4 is 5.73 Å². The lowest BCUT2D eigenvalue weighted by atomic mass is 9.91. The predicted molar refractivity (Wildman–Crippen MR) is 56.8 cm³/mol. The van der Waals surface area contributed by atoms with Crippen molar-refractivity contribution in [2.75, 3.05) is 7.11 Å². The van der Waals surface area contributed by atoms with E-state index in [0.29, 0.717) is 0 Å². The van der Waals surface area contributed by atoms with Gasteiger partial charge in [0.15, 0.2) is 0 Å². The fourth-order valence-corrected chi connectivity index (χ4v) is 1.41. The number of nitrogens with two attached hydrogens (primary N) is 1. The van der Waals surface area contributed by atoms with Crippen molar-refractivity contribution in [2.24, 2.45) is 5.73 Å². The molecule has 3 N–H and O–H groups in total. The van der Waals surface area contributed by atoms with Gasteiger partial charge in [-0.2, -0.15) is 13.2 Å². The van der Waals surface area contributed by atoms with Crippen molar-refractivity contribution in [3.8, 4) is 5.75 Å². The summed E-state index contributed by atoms with van der Waals surface area (Å²) >= 11 is 0. The summed E-state index contributed by atoms with van der Waals surface area (Å²) in [6.07, 6.45) is -5.69. The summed E-state index contributed by atoms with van der Waals surface area (Å²) in [6.45, 7) is 0. The highest BCUT2D eigenvalue weighted by Crippen LogP contribution is 2.32. The zero-order valence-electron chi connectivity index (χ0n) is 9.49. The molecule has 0 saturated heterocycles. The molecule has 0 heterocycles. The lowest BCUT2D eigenvalue weighted by Gasteiger charge is -2.28. The largest absolute Gasteiger partial charge is 0.508 e. The van der Waals surface area contributed by atoms with Crippen LogP contribution in [0.25, 0.3) is 0 Å². The summed E-state index contributed by atoms with van der Waals surface area (Å²) in [4.78, 5) is 11.2. The number of phenolic OH excluding ortho intramolecular Hbond substituents is 1. The highest BCUT2D eigenvalue weighted by Gasteiger charge is 2.58. The standard InChI is InChI=1S/C11H12F3NO3/c1-18-9(17)10(15,11(12,13)14)6-7-2-4-8(16)5-3-7/h2-5,16H,6,15H2,1H3/t10-/m0/s1. The van der Waals surface area contributed by atoms with Crippen molar-refractivity contribution in [2.45, 2.75) is 18.1 Å². The zero-order chi connectivity index (χ0) is 14.0. The van der Waals surface area contributed by atoms with Crippen molar-refractivity contribution >= 4 is 5.97 Å². The first-order chi connectivity index (χ1) is 8.20. The first-order valence-corrected chi connectivity index (χ1v) is 4.92. The molecule has 0 fully saturated rings. The van der Waals surface area contributed by atoms with E-state index in [1.807, 2.05) is 0 Å².